The van der Waals surface area contributed by atoms with Crippen LogP contribution in [0.5, 0.6) is 11.5 Å². The smallest absolute Gasteiger partial charge is 0.329 e. The first kappa shape index (κ1) is 22.5. The van der Waals surface area contributed by atoms with E-state index in [1.807, 2.05) is 18.2 Å². The lowest BCUT2D eigenvalue weighted by molar-refractivity contribution is -0.384. The Labute approximate surface area is 181 Å². The first-order chi connectivity index (χ1) is 15.0. The van der Waals surface area contributed by atoms with Crippen molar-refractivity contribution in [2.24, 2.45) is 17.6 Å². The van der Waals surface area contributed by atoms with Gasteiger partial charge < -0.3 is 25.8 Å². The van der Waals surface area contributed by atoms with Crippen molar-refractivity contribution in [2.45, 2.75) is 32.2 Å². The third-order valence-corrected chi connectivity index (χ3v) is 5.78. The van der Waals surface area contributed by atoms with Crippen molar-refractivity contribution < 1.29 is 14.4 Å². The lowest BCUT2D eigenvalue weighted by atomic mass is 9.82. The molecule has 1 aromatic heterocycles. The molecule has 0 bridgehead atoms. The molecule has 1 saturated carbocycles. The maximum absolute atomic E-state index is 11.4. The second-order valence-corrected chi connectivity index (χ2v) is 7.68. The monoisotopic (exact) mass is 430 g/mol. The average molecular weight is 431 g/mol. The number of rotatable bonds is 10. The van der Waals surface area contributed by atoms with E-state index in [2.05, 4.69) is 20.6 Å². The van der Waals surface area contributed by atoms with E-state index in [1.165, 1.54) is 6.20 Å². The van der Waals surface area contributed by atoms with E-state index in [9.17, 15) is 10.1 Å². The molecule has 0 aliphatic heterocycles. The molecule has 0 saturated heterocycles. The summed E-state index contributed by atoms with van der Waals surface area (Å²) >= 11 is 0. The van der Waals surface area contributed by atoms with Crippen molar-refractivity contribution in [3.05, 3.63) is 40.1 Å². The van der Waals surface area contributed by atoms with Gasteiger partial charge in [-0.1, -0.05) is 6.07 Å². The fourth-order valence-electron chi connectivity index (χ4n) is 3.91. The van der Waals surface area contributed by atoms with Crippen molar-refractivity contribution >= 4 is 17.5 Å². The topological polar surface area (TPSA) is 137 Å². The van der Waals surface area contributed by atoms with Gasteiger partial charge in [-0.25, -0.2) is 4.98 Å². The second kappa shape index (κ2) is 10.8. The Balaban J connectivity index is 1.70. The maximum Gasteiger partial charge on any atom is 0.329 e. The van der Waals surface area contributed by atoms with Crippen LogP contribution in [0.25, 0.3) is 0 Å². The fraction of sp³-hybridized carbons (Fsp3) is 0.524. The third kappa shape index (κ3) is 5.72. The third-order valence-electron chi connectivity index (χ3n) is 5.78. The summed E-state index contributed by atoms with van der Waals surface area (Å²) in [6.45, 7) is 1.70. The first-order valence-electron chi connectivity index (χ1n) is 10.4. The number of aromatic nitrogens is 2. The Bertz CT molecular complexity index is 864. The van der Waals surface area contributed by atoms with Gasteiger partial charge in [0.1, 0.15) is 17.7 Å². The number of ether oxygens (including phenoxy) is 2. The van der Waals surface area contributed by atoms with Crippen molar-refractivity contribution in [3.8, 4) is 11.5 Å². The molecule has 1 aliphatic rings. The predicted molar refractivity (Wildman–Crippen MR) is 119 cm³/mol. The van der Waals surface area contributed by atoms with Crippen LogP contribution in [0.3, 0.4) is 0 Å². The maximum atomic E-state index is 11.4. The molecule has 10 nitrogen and oxygen atoms in total. The average Bonchev–Trinajstić information content (AvgIpc) is 2.81. The molecular weight excluding hydrogens is 400 g/mol. The van der Waals surface area contributed by atoms with Crippen LogP contribution in [0.1, 0.15) is 31.2 Å². The first-order valence-corrected chi connectivity index (χ1v) is 10.4. The minimum absolute atomic E-state index is 0.143. The number of hydrogen-bond acceptors (Lipinski definition) is 9. The molecule has 0 unspecified atom stereocenters. The molecule has 2 aromatic rings. The van der Waals surface area contributed by atoms with Crippen LogP contribution < -0.4 is 25.8 Å². The van der Waals surface area contributed by atoms with Gasteiger partial charge >= 0.3 is 5.69 Å². The number of methoxy groups -OCH3 is 2. The second-order valence-electron chi connectivity index (χ2n) is 7.68. The molecule has 1 heterocycles. The summed E-state index contributed by atoms with van der Waals surface area (Å²) in [6, 6.07) is 5.51. The lowest BCUT2D eigenvalue weighted by Crippen LogP contribution is -2.25. The number of nitrogens with zero attached hydrogens (tertiary/aromatic N) is 3. The Morgan fingerprint density at radius 3 is 2.35 bits per heavy atom. The van der Waals surface area contributed by atoms with Crippen LogP contribution in [-0.2, 0) is 6.54 Å². The Kier molecular flexibility index (Phi) is 7.82. The van der Waals surface area contributed by atoms with Gasteiger partial charge in [-0.05, 0) is 56.2 Å². The number of anilines is 2. The van der Waals surface area contributed by atoms with Crippen molar-refractivity contribution in [2.75, 3.05) is 37.9 Å². The molecule has 0 spiro atoms. The minimum Gasteiger partial charge on any atom is -0.496 e. The zero-order valence-corrected chi connectivity index (χ0v) is 18.0. The zero-order chi connectivity index (χ0) is 22.2. The van der Waals surface area contributed by atoms with Crippen molar-refractivity contribution in [3.63, 3.8) is 0 Å². The van der Waals surface area contributed by atoms with E-state index in [-0.39, 0.29) is 17.5 Å². The SMILES string of the molecule is COc1cccc(OC)c1CNc1ncc([N+](=O)[O-])c(NCC2CCC(CN)CC2)n1. The number of nitro groups is 1. The Hall–Kier alpha value is -3.14. The standard InChI is InChI=1S/C21H30N6O4/c1-30-18-4-3-5-19(31-2)16(18)12-24-21-25-13-17(27(28)29)20(26-21)23-11-15-8-6-14(10-22)7-9-15/h3-5,13-15H,6-12,22H2,1-2H3,(H2,23,24,25,26). The van der Waals surface area contributed by atoms with Crippen LogP contribution >= 0.6 is 0 Å². The quantitative estimate of drug-likeness (QED) is 0.383. The predicted octanol–water partition coefficient (Wildman–Crippen LogP) is 3.19. The fourth-order valence-corrected chi connectivity index (χ4v) is 3.91. The summed E-state index contributed by atoms with van der Waals surface area (Å²) in [4.78, 5) is 19.4. The highest BCUT2D eigenvalue weighted by molar-refractivity contribution is 5.57. The van der Waals surface area contributed by atoms with Crippen molar-refractivity contribution in [1.82, 2.24) is 9.97 Å². The number of nitrogens with two attached hydrogens (primary N) is 1. The summed E-state index contributed by atoms with van der Waals surface area (Å²) in [7, 11) is 3.17. The summed E-state index contributed by atoms with van der Waals surface area (Å²) in [5, 5.41) is 17.7. The van der Waals surface area contributed by atoms with Gasteiger partial charge in [0, 0.05) is 6.54 Å². The molecule has 10 heteroatoms. The number of nitrogens with one attached hydrogen (secondary N) is 2. The van der Waals surface area contributed by atoms with Gasteiger partial charge in [0.25, 0.3) is 0 Å². The Morgan fingerprint density at radius 2 is 1.77 bits per heavy atom. The van der Waals surface area contributed by atoms with E-state index in [0.717, 1.165) is 37.8 Å². The molecule has 0 radical (unpaired) electrons. The van der Waals surface area contributed by atoms with Gasteiger partial charge in [0.05, 0.1) is 31.3 Å². The van der Waals surface area contributed by atoms with Crippen LogP contribution in [0.2, 0.25) is 0 Å². The summed E-state index contributed by atoms with van der Waals surface area (Å²) in [5.41, 5.74) is 6.42. The highest BCUT2D eigenvalue weighted by Gasteiger charge is 2.23. The van der Waals surface area contributed by atoms with E-state index in [4.69, 9.17) is 15.2 Å². The Morgan fingerprint density at radius 1 is 1.13 bits per heavy atom. The molecule has 1 aliphatic carbocycles. The van der Waals surface area contributed by atoms with Gasteiger partial charge in [-0.2, -0.15) is 4.98 Å². The molecule has 1 aromatic carbocycles. The summed E-state index contributed by atoms with van der Waals surface area (Å²) < 4.78 is 10.8. The normalized spacial score (nSPS) is 18.3. The van der Waals surface area contributed by atoms with E-state index < -0.39 is 4.92 Å². The molecular formula is C21H30N6O4. The highest BCUT2D eigenvalue weighted by Crippen LogP contribution is 2.31. The summed E-state index contributed by atoms with van der Waals surface area (Å²) in [5.74, 6) is 2.88. The molecule has 31 heavy (non-hydrogen) atoms. The molecule has 0 amide bonds. The molecule has 4 N–H and O–H groups in total. The molecule has 168 valence electrons. The van der Waals surface area contributed by atoms with Crippen molar-refractivity contribution in [1.29, 1.82) is 0 Å². The van der Waals surface area contributed by atoms with Gasteiger partial charge in [-0.3, -0.25) is 10.1 Å². The molecule has 0 atom stereocenters. The molecule has 1 fully saturated rings. The van der Waals surface area contributed by atoms with Crippen LogP contribution in [0, 0.1) is 22.0 Å². The van der Waals surface area contributed by atoms with Gasteiger partial charge in [-0.15, -0.1) is 0 Å². The van der Waals surface area contributed by atoms with E-state index in [0.29, 0.717) is 36.4 Å². The minimum atomic E-state index is -0.472. The number of benzene rings is 1. The van der Waals surface area contributed by atoms with Crippen LogP contribution in [0.4, 0.5) is 17.5 Å². The zero-order valence-electron chi connectivity index (χ0n) is 18.0. The lowest BCUT2D eigenvalue weighted by Gasteiger charge is -2.27. The van der Waals surface area contributed by atoms with Gasteiger partial charge in [0.2, 0.25) is 11.8 Å². The van der Waals surface area contributed by atoms with Crippen LogP contribution in [-0.4, -0.2) is 42.2 Å². The largest absolute Gasteiger partial charge is 0.496 e. The highest BCUT2D eigenvalue weighted by atomic mass is 16.6. The number of hydrogen-bond donors (Lipinski definition) is 3. The van der Waals surface area contributed by atoms with E-state index in [1.54, 1.807) is 14.2 Å². The van der Waals surface area contributed by atoms with Gasteiger partial charge in [0.15, 0.2) is 0 Å². The van der Waals surface area contributed by atoms with Crippen LogP contribution in [0.15, 0.2) is 24.4 Å². The summed E-state index contributed by atoms with van der Waals surface area (Å²) in [6.07, 6.45) is 5.55. The molecule has 3 rings (SSSR count). The van der Waals surface area contributed by atoms with E-state index >= 15 is 0 Å².